The second-order valence-corrected chi connectivity index (χ2v) is 7.14. The fourth-order valence-corrected chi connectivity index (χ4v) is 3.79. The minimum absolute atomic E-state index is 0.163. The van der Waals surface area contributed by atoms with E-state index in [1.807, 2.05) is 24.3 Å². The van der Waals surface area contributed by atoms with Gasteiger partial charge in [-0.05, 0) is 68.5 Å². The van der Waals surface area contributed by atoms with E-state index in [2.05, 4.69) is 32.2 Å². The van der Waals surface area contributed by atoms with Crippen molar-refractivity contribution in [2.45, 2.75) is 32.1 Å². The molecule has 26 heavy (non-hydrogen) atoms. The van der Waals surface area contributed by atoms with Gasteiger partial charge in [0.1, 0.15) is 5.69 Å². The number of amides is 1. The summed E-state index contributed by atoms with van der Waals surface area (Å²) in [5, 5.41) is 2.94. The number of hydrogen-bond acceptors (Lipinski definition) is 4. The van der Waals surface area contributed by atoms with Crippen molar-refractivity contribution in [2.75, 3.05) is 41.3 Å². The third kappa shape index (κ3) is 3.82. The van der Waals surface area contributed by atoms with Crippen LogP contribution in [0.15, 0.2) is 42.6 Å². The van der Waals surface area contributed by atoms with Crippen LogP contribution in [0.25, 0.3) is 0 Å². The maximum atomic E-state index is 12.4. The number of benzene rings is 1. The van der Waals surface area contributed by atoms with Gasteiger partial charge in [0.2, 0.25) is 0 Å². The molecule has 0 saturated carbocycles. The SMILES string of the molecule is O=C(Nc1ccc(N2CCCCC2)cc1)c1ccc(N2CCCC2)cn1. The zero-order valence-electron chi connectivity index (χ0n) is 15.2. The Morgan fingerprint density at radius 3 is 1.96 bits per heavy atom. The van der Waals surface area contributed by atoms with Crippen LogP contribution in [0.1, 0.15) is 42.6 Å². The van der Waals surface area contributed by atoms with Crippen molar-refractivity contribution in [3.63, 3.8) is 0 Å². The van der Waals surface area contributed by atoms with Gasteiger partial charge < -0.3 is 15.1 Å². The molecule has 0 unspecified atom stereocenters. The zero-order valence-corrected chi connectivity index (χ0v) is 15.2. The Labute approximate surface area is 155 Å². The van der Waals surface area contributed by atoms with Crippen LogP contribution in [0, 0.1) is 0 Å². The third-order valence-corrected chi connectivity index (χ3v) is 5.30. The van der Waals surface area contributed by atoms with Crippen LogP contribution in [-0.4, -0.2) is 37.1 Å². The Kier molecular flexibility index (Phi) is 5.04. The molecule has 0 atom stereocenters. The number of carbonyl (C=O) groups excluding carboxylic acids is 1. The van der Waals surface area contributed by atoms with Crippen molar-refractivity contribution in [1.82, 2.24) is 4.98 Å². The van der Waals surface area contributed by atoms with E-state index < -0.39 is 0 Å². The standard InChI is InChI=1S/C21H26N4O/c26-21(20-11-10-19(16-22-20)25-14-4-5-15-25)23-17-6-8-18(9-7-17)24-12-2-1-3-13-24/h6-11,16H,1-5,12-15H2,(H,23,26). The molecule has 3 heterocycles. The number of rotatable bonds is 4. The first kappa shape index (κ1) is 16.9. The number of nitrogens with one attached hydrogen (secondary N) is 1. The predicted octanol–water partition coefficient (Wildman–Crippen LogP) is 3.92. The topological polar surface area (TPSA) is 48.5 Å². The maximum Gasteiger partial charge on any atom is 0.274 e. The minimum Gasteiger partial charge on any atom is -0.372 e. The first-order valence-electron chi connectivity index (χ1n) is 9.67. The number of nitrogens with zero attached hydrogens (tertiary/aromatic N) is 3. The molecule has 0 aliphatic carbocycles. The lowest BCUT2D eigenvalue weighted by Crippen LogP contribution is -2.29. The van der Waals surface area contributed by atoms with Crippen LogP contribution in [-0.2, 0) is 0 Å². The van der Waals surface area contributed by atoms with E-state index in [1.165, 1.54) is 37.8 Å². The van der Waals surface area contributed by atoms with Crippen molar-refractivity contribution in [3.05, 3.63) is 48.3 Å². The van der Waals surface area contributed by atoms with Crippen molar-refractivity contribution in [1.29, 1.82) is 0 Å². The Balaban J connectivity index is 1.37. The molecule has 2 aromatic rings. The van der Waals surface area contributed by atoms with E-state index in [0.717, 1.165) is 37.6 Å². The highest BCUT2D eigenvalue weighted by atomic mass is 16.1. The van der Waals surface area contributed by atoms with E-state index in [4.69, 9.17) is 0 Å². The van der Waals surface area contributed by atoms with Gasteiger partial charge in [0, 0.05) is 37.6 Å². The van der Waals surface area contributed by atoms with Crippen LogP contribution in [0.5, 0.6) is 0 Å². The molecule has 0 bridgehead atoms. The minimum atomic E-state index is -0.163. The highest BCUT2D eigenvalue weighted by Crippen LogP contribution is 2.22. The molecule has 4 rings (SSSR count). The third-order valence-electron chi connectivity index (χ3n) is 5.30. The van der Waals surface area contributed by atoms with Crippen molar-refractivity contribution in [2.24, 2.45) is 0 Å². The number of hydrogen-bond donors (Lipinski definition) is 1. The first-order chi connectivity index (χ1) is 12.8. The average Bonchev–Trinajstić information content (AvgIpc) is 3.24. The van der Waals surface area contributed by atoms with Gasteiger partial charge in [-0.25, -0.2) is 4.98 Å². The zero-order chi connectivity index (χ0) is 17.8. The summed E-state index contributed by atoms with van der Waals surface area (Å²) in [5.41, 5.74) is 3.59. The highest BCUT2D eigenvalue weighted by molar-refractivity contribution is 6.03. The number of piperidine rings is 1. The molecule has 2 aliphatic rings. The fourth-order valence-electron chi connectivity index (χ4n) is 3.79. The van der Waals surface area contributed by atoms with Crippen LogP contribution in [0.3, 0.4) is 0 Å². The van der Waals surface area contributed by atoms with E-state index in [-0.39, 0.29) is 5.91 Å². The van der Waals surface area contributed by atoms with Gasteiger partial charge in [-0.15, -0.1) is 0 Å². The highest BCUT2D eigenvalue weighted by Gasteiger charge is 2.14. The molecule has 2 saturated heterocycles. The van der Waals surface area contributed by atoms with Gasteiger partial charge in [0.15, 0.2) is 0 Å². The molecule has 1 N–H and O–H groups in total. The predicted molar refractivity (Wildman–Crippen MR) is 106 cm³/mol. The molecule has 5 nitrogen and oxygen atoms in total. The quantitative estimate of drug-likeness (QED) is 0.908. The van der Waals surface area contributed by atoms with Crippen molar-refractivity contribution >= 4 is 23.0 Å². The van der Waals surface area contributed by atoms with E-state index in [9.17, 15) is 4.79 Å². The molecular weight excluding hydrogens is 324 g/mol. The largest absolute Gasteiger partial charge is 0.372 e. The Bertz CT molecular complexity index is 730. The molecule has 5 heteroatoms. The van der Waals surface area contributed by atoms with Crippen LogP contribution in [0.2, 0.25) is 0 Å². The van der Waals surface area contributed by atoms with Crippen molar-refractivity contribution in [3.8, 4) is 0 Å². The van der Waals surface area contributed by atoms with Crippen molar-refractivity contribution < 1.29 is 4.79 Å². The Morgan fingerprint density at radius 1 is 0.769 bits per heavy atom. The van der Waals surface area contributed by atoms with Crippen LogP contribution in [0.4, 0.5) is 17.1 Å². The summed E-state index contributed by atoms with van der Waals surface area (Å²) < 4.78 is 0. The summed E-state index contributed by atoms with van der Waals surface area (Å²) in [6.07, 6.45) is 8.12. The summed E-state index contributed by atoms with van der Waals surface area (Å²) in [5.74, 6) is -0.163. The molecule has 0 spiro atoms. The summed E-state index contributed by atoms with van der Waals surface area (Å²) >= 11 is 0. The first-order valence-corrected chi connectivity index (χ1v) is 9.67. The van der Waals surface area contributed by atoms with E-state index >= 15 is 0 Å². The summed E-state index contributed by atoms with van der Waals surface area (Å²) in [7, 11) is 0. The van der Waals surface area contributed by atoms with Gasteiger partial charge in [0.25, 0.3) is 5.91 Å². The van der Waals surface area contributed by atoms with Gasteiger partial charge in [0.05, 0.1) is 11.9 Å². The fraction of sp³-hybridized carbons (Fsp3) is 0.429. The molecular formula is C21H26N4O. The monoisotopic (exact) mass is 350 g/mol. The normalized spacial score (nSPS) is 17.4. The van der Waals surface area contributed by atoms with Crippen LogP contribution < -0.4 is 15.1 Å². The molecule has 0 radical (unpaired) electrons. The second-order valence-electron chi connectivity index (χ2n) is 7.14. The number of anilines is 3. The van der Waals surface area contributed by atoms with Gasteiger partial charge >= 0.3 is 0 Å². The maximum absolute atomic E-state index is 12.4. The summed E-state index contributed by atoms with van der Waals surface area (Å²) in [6, 6.07) is 11.9. The average molecular weight is 350 g/mol. The lowest BCUT2D eigenvalue weighted by atomic mass is 10.1. The molecule has 1 aromatic carbocycles. The van der Waals surface area contributed by atoms with Gasteiger partial charge in [-0.2, -0.15) is 0 Å². The molecule has 1 amide bonds. The smallest absolute Gasteiger partial charge is 0.274 e. The Morgan fingerprint density at radius 2 is 1.35 bits per heavy atom. The number of aromatic nitrogens is 1. The van der Waals surface area contributed by atoms with Gasteiger partial charge in [-0.3, -0.25) is 4.79 Å². The molecule has 2 fully saturated rings. The molecule has 1 aromatic heterocycles. The summed E-state index contributed by atoms with van der Waals surface area (Å²) in [4.78, 5) is 21.5. The second kappa shape index (κ2) is 7.77. The lowest BCUT2D eigenvalue weighted by molar-refractivity contribution is 0.102. The lowest BCUT2D eigenvalue weighted by Gasteiger charge is -2.28. The van der Waals surface area contributed by atoms with Gasteiger partial charge in [-0.1, -0.05) is 0 Å². The molecule has 136 valence electrons. The summed E-state index contributed by atoms with van der Waals surface area (Å²) in [6.45, 7) is 4.41. The van der Waals surface area contributed by atoms with E-state index in [0.29, 0.717) is 5.69 Å². The van der Waals surface area contributed by atoms with Crippen LogP contribution >= 0.6 is 0 Å². The van der Waals surface area contributed by atoms with E-state index in [1.54, 1.807) is 6.20 Å². The number of pyridine rings is 1. The Hall–Kier alpha value is -2.56. The number of carbonyl (C=O) groups is 1. The molecule has 2 aliphatic heterocycles.